The van der Waals surface area contributed by atoms with Gasteiger partial charge in [0.05, 0.1) is 22.2 Å². The van der Waals surface area contributed by atoms with E-state index in [0.717, 1.165) is 42.3 Å². The number of rotatable bonds is 6. The summed E-state index contributed by atoms with van der Waals surface area (Å²) in [4.78, 5) is 15.5. The molecule has 1 aliphatic heterocycles. The number of ether oxygens (including phenoxy) is 1. The van der Waals surface area contributed by atoms with Crippen LogP contribution in [0.3, 0.4) is 0 Å². The van der Waals surface area contributed by atoms with Gasteiger partial charge in [-0.1, -0.05) is 41.4 Å². The second kappa shape index (κ2) is 8.68. The molecule has 29 heavy (non-hydrogen) atoms. The third kappa shape index (κ3) is 4.80. The number of likely N-dealkylation sites (N-methyl/N-ethyl adjacent to an activating group) is 1. The first kappa shape index (κ1) is 22.2. The quantitative estimate of drug-likeness (QED) is 0.712. The van der Waals surface area contributed by atoms with E-state index in [1.165, 1.54) is 0 Å². The van der Waals surface area contributed by atoms with E-state index in [9.17, 15) is 4.79 Å². The van der Waals surface area contributed by atoms with E-state index >= 15 is 0 Å². The highest BCUT2D eigenvalue weighted by Crippen LogP contribution is 2.35. The van der Waals surface area contributed by atoms with Gasteiger partial charge in [-0.15, -0.1) is 0 Å². The van der Waals surface area contributed by atoms with Crippen LogP contribution in [0.5, 0.6) is 0 Å². The number of benzene rings is 1. The molecule has 0 spiro atoms. The van der Waals surface area contributed by atoms with E-state index in [1.54, 1.807) is 20.2 Å². The first-order valence-corrected chi connectivity index (χ1v) is 10.6. The van der Waals surface area contributed by atoms with E-state index in [4.69, 9.17) is 27.9 Å². The number of methoxy groups -OCH3 is 1. The van der Waals surface area contributed by atoms with E-state index in [2.05, 4.69) is 22.5 Å². The smallest absolute Gasteiger partial charge is 0.230 e. The first-order chi connectivity index (χ1) is 13.7. The molecule has 0 saturated carbocycles. The highest BCUT2D eigenvalue weighted by atomic mass is 35.5. The van der Waals surface area contributed by atoms with Crippen LogP contribution in [0.4, 0.5) is 0 Å². The summed E-state index contributed by atoms with van der Waals surface area (Å²) in [5.41, 5.74) is 0.773. The van der Waals surface area contributed by atoms with Gasteiger partial charge in [-0.3, -0.25) is 9.69 Å². The molecule has 1 aromatic carbocycles. The normalized spacial score (nSPS) is 29.9. The Bertz CT molecular complexity index is 841. The van der Waals surface area contributed by atoms with Gasteiger partial charge in [0.25, 0.3) is 0 Å². The fourth-order valence-corrected chi connectivity index (χ4v) is 4.57. The third-order valence-corrected chi connectivity index (χ3v) is 6.64. The van der Waals surface area contributed by atoms with Crippen LogP contribution in [0.25, 0.3) is 0 Å². The molecule has 2 aliphatic rings. The van der Waals surface area contributed by atoms with Crippen molar-refractivity contribution < 1.29 is 9.53 Å². The minimum absolute atomic E-state index is 0.0824. The molecule has 7 heteroatoms. The van der Waals surface area contributed by atoms with Gasteiger partial charge in [0.2, 0.25) is 5.91 Å². The van der Waals surface area contributed by atoms with Crippen molar-refractivity contribution in [2.24, 2.45) is 5.92 Å². The zero-order chi connectivity index (χ0) is 21.2. The highest BCUT2D eigenvalue weighted by molar-refractivity contribution is 6.32. The molecule has 1 fully saturated rings. The summed E-state index contributed by atoms with van der Waals surface area (Å²) in [5, 5.41) is 7.60. The first-order valence-electron chi connectivity index (χ1n) is 9.81. The van der Waals surface area contributed by atoms with Crippen LogP contribution in [-0.4, -0.2) is 49.2 Å². The summed E-state index contributed by atoms with van der Waals surface area (Å²) in [6.45, 7) is 6.41. The minimum atomic E-state index is -0.771. The largest absolute Gasteiger partial charge is 0.387 e. The molecule has 1 heterocycles. The lowest BCUT2D eigenvalue weighted by atomic mass is 9.82. The Morgan fingerprint density at radius 1 is 1.31 bits per heavy atom. The van der Waals surface area contributed by atoms with Crippen LogP contribution in [0.1, 0.15) is 25.8 Å². The second-order valence-corrected chi connectivity index (χ2v) is 9.10. The maximum atomic E-state index is 13.2. The Labute approximate surface area is 183 Å². The molecule has 1 saturated heterocycles. The third-order valence-electron chi connectivity index (χ3n) is 5.94. The number of carbonyl (C=O) groups is 1. The maximum Gasteiger partial charge on any atom is 0.230 e. The molecule has 3 rings (SSSR count). The van der Waals surface area contributed by atoms with Crippen LogP contribution in [0.15, 0.2) is 47.1 Å². The van der Waals surface area contributed by atoms with Gasteiger partial charge < -0.3 is 15.4 Å². The number of nitrogens with zero attached hydrogens (tertiary/aromatic N) is 1. The molecule has 3 atom stereocenters. The number of carbonyl (C=O) groups excluding carboxylic acids is 1. The molecule has 1 aromatic rings. The van der Waals surface area contributed by atoms with Crippen molar-refractivity contribution in [3.05, 3.63) is 57.7 Å². The van der Waals surface area contributed by atoms with Crippen molar-refractivity contribution in [1.29, 1.82) is 0 Å². The molecule has 158 valence electrons. The summed E-state index contributed by atoms with van der Waals surface area (Å²) < 4.78 is 5.70. The molecule has 0 bridgehead atoms. The van der Waals surface area contributed by atoms with Crippen molar-refractivity contribution in [3.63, 3.8) is 0 Å². The predicted molar refractivity (Wildman–Crippen MR) is 118 cm³/mol. The number of halogens is 2. The van der Waals surface area contributed by atoms with Gasteiger partial charge in [0.1, 0.15) is 5.60 Å². The molecule has 1 amide bonds. The number of hydrogen-bond acceptors (Lipinski definition) is 4. The molecular weight excluding hydrogens is 409 g/mol. The van der Waals surface area contributed by atoms with Crippen LogP contribution >= 0.6 is 23.2 Å². The van der Waals surface area contributed by atoms with E-state index in [0.29, 0.717) is 5.03 Å². The molecule has 2 N–H and O–H groups in total. The van der Waals surface area contributed by atoms with Gasteiger partial charge in [-0.2, -0.15) is 0 Å². The Kier molecular flexibility index (Phi) is 6.64. The number of likely N-dealkylation sites (tertiary alicyclic amines) is 1. The van der Waals surface area contributed by atoms with Crippen molar-refractivity contribution in [1.82, 2.24) is 15.5 Å². The molecule has 3 unspecified atom stereocenters. The summed E-state index contributed by atoms with van der Waals surface area (Å²) in [7, 11) is 3.41. The average Bonchev–Trinajstić information content (AvgIpc) is 3.05. The Balaban J connectivity index is 1.69. The molecule has 0 radical (unpaired) electrons. The number of hydrogen-bond donors (Lipinski definition) is 2. The zero-order valence-electron chi connectivity index (χ0n) is 17.4. The standard InChI is InChI=1S/C22H29Cl2N3O2/c1-21(9-10-27(14-21)13-15-7-5-6-8-17(15)23)26-20(28)16-11-18(24)19(25-3)12-22(16,2)29-4/h5-8,11-12,16,25H,9-10,13-14H2,1-4H3,(H,26,28). The minimum Gasteiger partial charge on any atom is -0.387 e. The van der Waals surface area contributed by atoms with Gasteiger partial charge in [0, 0.05) is 38.8 Å². The lowest BCUT2D eigenvalue weighted by Crippen LogP contribution is -2.54. The Hall–Kier alpha value is -1.53. The van der Waals surface area contributed by atoms with Crippen molar-refractivity contribution in [2.75, 3.05) is 27.2 Å². The van der Waals surface area contributed by atoms with Crippen LogP contribution in [-0.2, 0) is 16.1 Å². The lowest BCUT2D eigenvalue weighted by Gasteiger charge is -2.37. The van der Waals surface area contributed by atoms with Crippen molar-refractivity contribution >= 4 is 29.1 Å². The van der Waals surface area contributed by atoms with E-state index < -0.39 is 11.5 Å². The van der Waals surface area contributed by atoms with Crippen LogP contribution < -0.4 is 10.6 Å². The predicted octanol–water partition coefficient (Wildman–Crippen LogP) is 3.68. The summed E-state index contributed by atoms with van der Waals surface area (Å²) in [5.74, 6) is -0.590. The maximum absolute atomic E-state index is 13.2. The average molecular weight is 438 g/mol. The van der Waals surface area contributed by atoms with Gasteiger partial charge in [-0.05, 0) is 44.1 Å². The summed E-state index contributed by atoms with van der Waals surface area (Å²) in [6, 6.07) is 7.88. The SMILES string of the molecule is CNC1=CC(C)(OC)C(C(=O)NC2(C)CCN(Cc3ccccc3Cl)C2)C=C1Cl. The summed E-state index contributed by atoms with van der Waals surface area (Å²) in [6.07, 6.45) is 4.51. The molecule has 1 aliphatic carbocycles. The van der Waals surface area contributed by atoms with Crippen LogP contribution in [0, 0.1) is 5.92 Å². The van der Waals surface area contributed by atoms with E-state index in [-0.39, 0.29) is 11.4 Å². The van der Waals surface area contributed by atoms with Gasteiger partial charge in [0.15, 0.2) is 0 Å². The van der Waals surface area contributed by atoms with Gasteiger partial charge in [-0.25, -0.2) is 0 Å². The van der Waals surface area contributed by atoms with Crippen LogP contribution in [0.2, 0.25) is 5.02 Å². The van der Waals surface area contributed by atoms with Crippen molar-refractivity contribution in [3.8, 4) is 0 Å². The lowest BCUT2D eigenvalue weighted by molar-refractivity contribution is -0.131. The monoisotopic (exact) mass is 437 g/mol. The van der Waals surface area contributed by atoms with Crippen molar-refractivity contribution in [2.45, 2.75) is 38.0 Å². The number of amides is 1. The highest BCUT2D eigenvalue weighted by Gasteiger charge is 2.43. The Morgan fingerprint density at radius 3 is 2.69 bits per heavy atom. The van der Waals surface area contributed by atoms with E-state index in [1.807, 2.05) is 37.3 Å². The molecule has 5 nitrogen and oxygen atoms in total. The Morgan fingerprint density at radius 2 is 2.03 bits per heavy atom. The fourth-order valence-electron chi connectivity index (χ4n) is 4.10. The van der Waals surface area contributed by atoms with Gasteiger partial charge >= 0.3 is 0 Å². The topological polar surface area (TPSA) is 53.6 Å². The molecular formula is C22H29Cl2N3O2. The summed E-state index contributed by atoms with van der Waals surface area (Å²) >= 11 is 12.7. The second-order valence-electron chi connectivity index (χ2n) is 8.29. The number of allylic oxidation sites excluding steroid dienone is 1. The number of nitrogens with one attached hydrogen (secondary N) is 2. The zero-order valence-corrected chi connectivity index (χ0v) is 18.9. The molecule has 0 aromatic heterocycles. The fraction of sp³-hybridized carbons (Fsp3) is 0.500.